The number of nitrogens with zero attached hydrogens (tertiary/aromatic N) is 1. The minimum atomic E-state index is -0.199. The number of hydrogen-bond acceptors (Lipinski definition) is 4. The van der Waals surface area contributed by atoms with Crippen LogP contribution in [0, 0.1) is 25.2 Å². The average Bonchev–Trinajstić information content (AvgIpc) is 2.67. The van der Waals surface area contributed by atoms with Gasteiger partial charge in [-0.3, -0.25) is 4.79 Å². The molecule has 1 aromatic rings. The van der Waals surface area contributed by atoms with Gasteiger partial charge >= 0.3 is 5.97 Å². The molecule has 4 nitrogen and oxygen atoms in total. The second kappa shape index (κ2) is 6.27. The Morgan fingerprint density at radius 1 is 1.45 bits per heavy atom. The van der Waals surface area contributed by atoms with Gasteiger partial charge in [-0.05, 0) is 51.5 Å². The van der Waals surface area contributed by atoms with Crippen LogP contribution in [0.3, 0.4) is 0 Å². The SMILES string of the molecule is CC1=C[C@@H](OC(=O)[C@H](C)Cc2c(C)noc2C)CC(C)(C)C1. The number of carbonyl (C=O) groups excluding carboxylic acids is 1. The highest BCUT2D eigenvalue weighted by Gasteiger charge is 2.30. The Labute approximate surface area is 132 Å². The molecule has 0 radical (unpaired) electrons. The maximum Gasteiger partial charge on any atom is 0.309 e. The maximum absolute atomic E-state index is 12.4. The molecular weight excluding hydrogens is 278 g/mol. The summed E-state index contributed by atoms with van der Waals surface area (Å²) < 4.78 is 10.9. The molecule has 122 valence electrons. The lowest BCUT2D eigenvalue weighted by Crippen LogP contribution is -2.30. The molecule has 0 saturated heterocycles. The first-order chi connectivity index (χ1) is 10.2. The second-order valence-corrected chi connectivity index (χ2v) is 7.44. The quantitative estimate of drug-likeness (QED) is 0.619. The number of carbonyl (C=O) groups is 1. The van der Waals surface area contributed by atoms with Crippen LogP contribution in [0.1, 0.15) is 57.6 Å². The number of ether oxygens (including phenoxy) is 1. The fourth-order valence-electron chi connectivity index (χ4n) is 3.33. The summed E-state index contributed by atoms with van der Waals surface area (Å²) in [4.78, 5) is 12.4. The first-order valence-corrected chi connectivity index (χ1v) is 7.97. The van der Waals surface area contributed by atoms with Gasteiger partial charge in [-0.2, -0.15) is 0 Å². The summed E-state index contributed by atoms with van der Waals surface area (Å²) in [6.07, 6.45) is 4.54. The van der Waals surface area contributed by atoms with E-state index in [-0.39, 0.29) is 23.4 Å². The third kappa shape index (κ3) is 3.99. The molecule has 2 rings (SSSR count). The minimum absolute atomic E-state index is 0.108. The standard InChI is InChI=1S/C18H27NO3/c1-11-7-15(10-18(5,6)9-11)21-17(20)12(2)8-16-13(3)19-22-14(16)4/h7,12,15H,8-10H2,1-6H3/t12-,15-/m1/s1. The highest BCUT2D eigenvalue weighted by molar-refractivity contribution is 5.72. The Morgan fingerprint density at radius 2 is 2.14 bits per heavy atom. The number of allylic oxidation sites excluding steroid dienone is 1. The normalized spacial score (nSPS) is 22.1. The molecule has 0 amide bonds. The van der Waals surface area contributed by atoms with E-state index >= 15 is 0 Å². The third-order valence-corrected chi connectivity index (χ3v) is 4.34. The van der Waals surface area contributed by atoms with Crippen LogP contribution in [-0.2, 0) is 16.0 Å². The van der Waals surface area contributed by atoms with Crippen molar-refractivity contribution in [3.63, 3.8) is 0 Å². The van der Waals surface area contributed by atoms with Crippen LogP contribution >= 0.6 is 0 Å². The molecule has 0 N–H and O–H groups in total. The zero-order valence-corrected chi connectivity index (χ0v) is 14.5. The largest absolute Gasteiger partial charge is 0.458 e. The number of aromatic nitrogens is 1. The molecule has 0 unspecified atom stereocenters. The Kier molecular flexibility index (Phi) is 4.78. The van der Waals surface area contributed by atoms with Crippen LogP contribution < -0.4 is 0 Å². The molecule has 0 aliphatic heterocycles. The molecule has 0 spiro atoms. The van der Waals surface area contributed by atoms with Crippen molar-refractivity contribution in [2.24, 2.45) is 11.3 Å². The predicted octanol–water partition coefficient (Wildman–Crippen LogP) is 4.15. The molecule has 0 saturated carbocycles. The molecule has 1 aliphatic rings. The van der Waals surface area contributed by atoms with Gasteiger partial charge < -0.3 is 9.26 Å². The minimum Gasteiger partial charge on any atom is -0.458 e. The average molecular weight is 305 g/mol. The van der Waals surface area contributed by atoms with E-state index < -0.39 is 0 Å². The van der Waals surface area contributed by atoms with Gasteiger partial charge in [0.25, 0.3) is 0 Å². The van der Waals surface area contributed by atoms with Crippen LogP contribution in [0.25, 0.3) is 0 Å². The smallest absolute Gasteiger partial charge is 0.309 e. The number of hydrogen-bond donors (Lipinski definition) is 0. The lowest BCUT2D eigenvalue weighted by molar-refractivity contribution is -0.152. The maximum atomic E-state index is 12.4. The van der Waals surface area contributed by atoms with E-state index in [1.165, 1.54) is 5.57 Å². The number of aryl methyl sites for hydroxylation is 2. The van der Waals surface area contributed by atoms with Crippen LogP contribution in [0.2, 0.25) is 0 Å². The fraction of sp³-hybridized carbons (Fsp3) is 0.667. The summed E-state index contributed by atoms with van der Waals surface area (Å²) in [5.41, 5.74) is 3.36. The van der Waals surface area contributed by atoms with Gasteiger partial charge in [-0.15, -0.1) is 0 Å². The summed E-state index contributed by atoms with van der Waals surface area (Å²) in [7, 11) is 0. The topological polar surface area (TPSA) is 52.3 Å². The molecule has 0 bridgehead atoms. The zero-order valence-electron chi connectivity index (χ0n) is 14.5. The molecule has 0 fully saturated rings. The van der Waals surface area contributed by atoms with E-state index in [9.17, 15) is 4.79 Å². The van der Waals surface area contributed by atoms with E-state index in [0.717, 1.165) is 29.9 Å². The van der Waals surface area contributed by atoms with E-state index in [1.807, 2.05) is 20.8 Å². The molecule has 1 aromatic heterocycles. The van der Waals surface area contributed by atoms with Crippen molar-refractivity contribution in [3.8, 4) is 0 Å². The van der Waals surface area contributed by atoms with Gasteiger partial charge in [0.2, 0.25) is 0 Å². The monoisotopic (exact) mass is 305 g/mol. The summed E-state index contributed by atoms with van der Waals surface area (Å²) in [6, 6.07) is 0. The summed E-state index contributed by atoms with van der Waals surface area (Å²) >= 11 is 0. The highest BCUT2D eigenvalue weighted by atomic mass is 16.5. The van der Waals surface area contributed by atoms with E-state index in [2.05, 4.69) is 32.0 Å². The fourth-order valence-corrected chi connectivity index (χ4v) is 3.33. The van der Waals surface area contributed by atoms with E-state index in [4.69, 9.17) is 9.26 Å². The van der Waals surface area contributed by atoms with Crippen molar-refractivity contribution < 1.29 is 14.1 Å². The lowest BCUT2D eigenvalue weighted by atomic mass is 9.76. The van der Waals surface area contributed by atoms with Gasteiger partial charge in [0.15, 0.2) is 0 Å². The van der Waals surface area contributed by atoms with Crippen LogP contribution in [0.15, 0.2) is 16.2 Å². The van der Waals surface area contributed by atoms with Gasteiger partial charge in [0, 0.05) is 5.56 Å². The predicted molar refractivity (Wildman–Crippen MR) is 85.5 cm³/mol. The van der Waals surface area contributed by atoms with Crippen molar-refractivity contribution >= 4 is 5.97 Å². The highest BCUT2D eigenvalue weighted by Crippen LogP contribution is 2.36. The molecule has 0 aromatic carbocycles. The van der Waals surface area contributed by atoms with E-state index in [0.29, 0.717) is 6.42 Å². The first kappa shape index (κ1) is 16.8. The molecule has 1 aliphatic carbocycles. The Balaban J connectivity index is 1.99. The summed E-state index contributed by atoms with van der Waals surface area (Å²) in [5.74, 6) is 0.439. The van der Waals surface area contributed by atoms with Crippen LogP contribution in [0.4, 0.5) is 0 Å². The molecule has 22 heavy (non-hydrogen) atoms. The number of rotatable bonds is 4. The van der Waals surface area contributed by atoms with Crippen molar-refractivity contribution in [1.82, 2.24) is 5.16 Å². The van der Waals surface area contributed by atoms with Crippen molar-refractivity contribution in [2.75, 3.05) is 0 Å². The number of esters is 1. The van der Waals surface area contributed by atoms with Crippen LogP contribution in [0.5, 0.6) is 0 Å². The van der Waals surface area contributed by atoms with Gasteiger partial charge in [0.05, 0.1) is 11.6 Å². The first-order valence-electron chi connectivity index (χ1n) is 7.97. The molecular formula is C18H27NO3. The van der Waals surface area contributed by atoms with Crippen molar-refractivity contribution in [2.45, 2.75) is 66.9 Å². The Hall–Kier alpha value is -1.58. The van der Waals surface area contributed by atoms with Crippen LogP contribution in [-0.4, -0.2) is 17.2 Å². The molecule has 1 heterocycles. The lowest BCUT2D eigenvalue weighted by Gasteiger charge is -2.33. The van der Waals surface area contributed by atoms with Gasteiger partial charge in [-0.25, -0.2) is 0 Å². The second-order valence-electron chi connectivity index (χ2n) is 7.44. The van der Waals surface area contributed by atoms with Crippen molar-refractivity contribution in [3.05, 3.63) is 28.7 Å². The Morgan fingerprint density at radius 3 is 2.68 bits per heavy atom. The van der Waals surface area contributed by atoms with Gasteiger partial charge in [0.1, 0.15) is 11.9 Å². The summed E-state index contributed by atoms with van der Waals surface area (Å²) in [5, 5.41) is 3.94. The zero-order chi connectivity index (χ0) is 16.5. The van der Waals surface area contributed by atoms with Crippen molar-refractivity contribution in [1.29, 1.82) is 0 Å². The van der Waals surface area contributed by atoms with Gasteiger partial charge in [-0.1, -0.05) is 31.5 Å². The molecule has 2 atom stereocenters. The molecule has 4 heteroatoms. The summed E-state index contributed by atoms with van der Waals surface area (Å²) in [6.45, 7) is 12.2. The Bertz CT molecular complexity index is 564. The third-order valence-electron chi connectivity index (χ3n) is 4.34. The van der Waals surface area contributed by atoms with E-state index in [1.54, 1.807) is 0 Å².